The van der Waals surface area contributed by atoms with Crippen LogP contribution >= 0.6 is 31.9 Å². The van der Waals surface area contributed by atoms with E-state index >= 15 is 0 Å². The van der Waals surface area contributed by atoms with Crippen molar-refractivity contribution in [2.24, 2.45) is 0 Å². The van der Waals surface area contributed by atoms with Crippen molar-refractivity contribution in [3.63, 3.8) is 0 Å². The molecule has 5 heteroatoms. The largest absolute Gasteiger partial charge is 0.467 e. The van der Waals surface area contributed by atoms with Crippen LogP contribution in [0, 0.1) is 0 Å². The molecule has 0 aliphatic heterocycles. The zero-order valence-corrected chi connectivity index (χ0v) is 14.9. The molecule has 0 aliphatic rings. The Morgan fingerprint density at radius 3 is 2.29 bits per heavy atom. The highest BCUT2D eigenvalue weighted by molar-refractivity contribution is 9.10. The highest BCUT2D eigenvalue weighted by Crippen LogP contribution is 2.32. The van der Waals surface area contributed by atoms with Crippen LogP contribution in [0.1, 0.15) is 12.5 Å². The minimum Gasteiger partial charge on any atom is -0.467 e. The van der Waals surface area contributed by atoms with Crippen molar-refractivity contribution >= 4 is 43.5 Å². The number of anilines is 1. The van der Waals surface area contributed by atoms with Crippen molar-refractivity contribution in [1.82, 2.24) is 0 Å². The molecule has 1 unspecified atom stereocenters. The van der Waals surface area contributed by atoms with E-state index in [1.54, 1.807) is 0 Å². The number of ether oxygens (including phenoxy) is 1. The Hall–Kier alpha value is -1.33. The summed E-state index contributed by atoms with van der Waals surface area (Å²) in [6.45, 7) is 1.81. The van der Waals surface area contributed by atoms with Gasteiger partial charge in [-0.25, -0.2) is 4.79 Å². The van der Waals surface area contributed by atoms with Gasteiger partial charge in [0.15, 0.2) is 5.54 Å². The molecule has 2 aromatic carbocycles. The fourth-order valence-corrected chi connectivity index (χ4v) is 2.71. The normalized spacial score (nSPS) is 13.3. The van der Waals surface area contributed by atoms with Crippen LogP contribution in [0.5, 0.6) is 0 Å². The molecule has 0 saturated heterocycles. The lowest BCUT2D eigenvalue weighted by molar-refractivity contribution is -0.145. The van der Waals surface area contributed by atoms with Crippen LogP contribution in [0.15, 0.2) is 57.5 Å². The molecule has 0 aliphatic carbocycles. The van der Waals surface area contributed by atoms with E-state index in [2.05, 4.69) is 37.2 Å². The van der Waals surface area contributed by atoms with Gasteiger partial charge in [0.1, 0.15) is 0 Å². The lowest BCUT2D eigenvalue weighted by Gasteiger charge is -2.30. The Morgan fingerprint density at radius 1 is 1.10 bits per heavy atom. The fraction of sp³-hybridized carbons (Fsp3) is 0.188. The van der Waals surface area contributed by atoms with Gasteiger partial charge in [-0.15, -0.1) is 0 Å². The van der Waals surface area contributed by atoms with E-state index in [9.17, 15) is 4.79 Å². The van der Waals surface area contributed by atoms with Crippen LogP contribution in [0.4, 0.5) is 5.69 Å². The van der Waals surface area contributed by atoms with Crippen LogP contribution in [0.25, 0.3) is 0 Å². The lowest BCUT2D eigenvalue weighted by Crippen LogP contribution is -2.41. The summed E-state index contributed by atoms with van der Waals surface area (Å²) in [5.74, 6) is -0.347. The minimum absolute atomic E-state index is 0.347. The summed E-state index contributed by atoms with van der Waals surface area (Å²) in [6.07, 6.45) is 0. The lowest BCUT2D eigenvalue weighted by atomic mass is 9.91. The van der Waals surface area contributed by atoms with Gasteiger partial charge < -0.3 is 10.1 Å². The quantitative estimate of drug-likeness (QED) is 0.738. The molecule has 0 amide bonds. The van der Waals surface area contributed by atoms with Crippen LogP contribution in [-0.4, -0.2) is 13.1 Å². The highest BCUT2D eigenvalue weighted by atomic mass is 79.9. The standard InChI is InChI=1S/C16H15Br2NO2/c1-16(15(20)21-2,11-7-9-12(17)10-8-11)19-14-6-4-3-5-13(14)18/h3-10,19H,1-2H3. The van der Waals surface area contributed by atoms with Crippen LogP contribution in [-0.2, 0) is 15.1 Å². The topological polar surface area (TPSA) is 38.3 Å². The number of esters is 1. The smallest absolute Gasteiger partial charge is 0.335 e. The van der Waals surface area contributed by atoms with E-state index in [4.69, 9.17) is 4.74 Å². The number of carbonyl (C=O) groups is 1. The molecule has 1 N–H and O–H groups in total. The third kappa shape index (κ3) is 3.47. The van der Waals surface area contributed by atoms with Gasteiger partial charge in [0.05, 0.1) is 7.11 Å². The van der Waals surface area contributed by atoms with Crippen molar-refractivity contribution in [3.8, 4) is 0 Å². The third-order valence-corrected chi connectivity index (χ3v) is 4.49. The summed E-state index contributed by atoms with van der Waals surface area (Å²) >= 11 is 6.88. The Kier molecular flexibility index (Phi) is 5.06. The molecule has 0 heterocycles. The fourth-order valence-electron chi connectivity index (χ4n) is 2.06. The number of para-hydroxylation sites is 1. The number of halogens is 2. The average molecular weight is 413 g/mol. The Balaban J connectivity index is 2.45. The number of nitrogens with one attached hydrogen (secondary N) is 1. The summed E-state index contributed by atoms with van der Waals surface area (Å²) in [4.78, 5) is 12.3. The molecule has 0 aromatic heterocycles. The van der Waals surface area contributed by atoms with Crippen LogP contribution < -0.4 is 5.32 Å². The molecule has 0 bridgehead atoms. The van der Waals surface area contributed by atoms with E-state index < -0.39 is 5.54 Å². The number of methoxy groups -OCH3 is 1. The zero-order chi connectivity index (χ0) is 15.5. The third-order valence-electron chi connectivity index (χ3n) is 3.27. The molecule has 0 spiro atoms. The van der Waals surface area contributed by atoms with E-state index in [1.165, 1.54) is 7.11 Å². The van der Waals surface area contributed by atoms with Crippen molar-refractivity contribution in [2.45, 2.75) is 12.5 Å². The Morgan fingerprint density at radius 2 is 1.71 bits per heavy atom. The first kappa shape index (κ1) is 16.0. The second kappa shape index (κ2) is 6.62. The number of benzene rings is 2. The molecule has 0 radical (unpaired) electrons. The number of hydrogen-bond acceptors (Lipinski definition) is 3. The second-order valence-corrected chi connectivity index (χ2v) is 6.50. The Labute approximate surface area is 141 Å². The monoisotopic (exact) mass is 411 g/mol. The Bertz CT molecular complexity index is 643. The summed E-state index contributed by atoms with van der Waals surface area (Å²) < 4.78 is 6.83. The first-order valence-electron chi connectivity index (χ1n) is 6.34. The number of hydrogen-bond donors (Lipinski definition) is 1. The molecule has 2 aromatic rings. The first-order chi connectivity index (χ1) is 9.97. The second-order valence-electron chi connectivity index (χ2n) is 4.73. The van der Waals surface area contributed by atoms with Gasteiger partial charge in [0, 0.05) is 14.6 Å². The summed E-state index contributed by atoms with van der Waals surface area (Å²) in [6, 6.07) is 15.2. The van der Waals surface area contributed by atoms with Crippen molar-refractivity contribution in [3.05, 3.63) is 63.0 Å². The molecular formula is C16H15Br2NO2. The van der Waals surface area contributed by atoms with Gasteiger partial charge in [-0.1, -0.05) is 40.2 Å². The van der Waals surface area contributed by atoms with Crippen molar-refractivity contribution < 1.29 is 9.53 Å². The van der Waals surface area contributed by atoms with Crippen molar-refractivity contribution in [1.29, 1.82) is 0 Å². The maximum Gasteiger partial charge on any atom is 0.335 e. The number of carbonyl (C=O) groups excluding carboxylic acids is 1. The minimum atomic E-state index is -0.973. The van der Waals surface area contributed by atoms with Gasteiger partial charge in [0.25, 0.3) is 0 Å². The maximum absolute atomic E-state index is 12.3. The van der Waals surface area contributed by atoms with Crippen LogP contribution in [0.3, 0.4) is 0 Å². The van der Waals surface area contributed by atoms with Gasteiger partial charge in [-0.3, -0.25) is 0 Å². The predicted octanol–water partition coefficient (Wildman–Crippen LogP) is 4.71. The van der Waals surface area contributed by atoms with E-state index in [0.29, 0.717) is 0 Å². The van der Waals surface area contributed by atoms with Gasteiger partial charge in [-0.05, 0) is 52.7 Å². The van der Waals surface area contributed by atoms with Gasteiger partial charge in [-0.2, -0.15) is 0 Å². The first-order valence-corrected chi connectivity index (χ1v) is 7.93. The zero-order valence-electron chi connectivity index (χ0n) is 11.7. The molecular weight excluding hydrogens is 398 g/mol. The molecule has 0 saturated carbocycles. The van der Waals surface area contributed by atoms with Crippen molar-refractivity contribution in [2.75, 3.05) is 12.4 Å². The maximum atomic E-state index is 12.3. The van der Waals surface area contributed by atoms with E-state index in [1.807, 2.05) is 55.5 Å². The SMILES string of the molecule is COC(=O)C(C)(Nc1ccccc1Br)c1ccc(Br)cc1. The van der Waals surface area contributed by atoms with Gasteiger partial charge in [0.2, 0.25) is 0 Å². The molecule has 2 rings (SSSR count). The van der Waals surface area contributed by atoms with Gasteiger partial charge >= 0.3 is 5.97 Å². The van der Waals surface area contributed by atoms with E-state index in [0.717, 1.165) is 20.2 Å². The molecule has 1 atom stereocenters. The molecule has 3 nitrogen and oxygen atoms in total. The highest BCUT2D eigenvalue weighted by Gasteiger charge is 2.36. The molecule has 21 heavy (non-hydrogen) atoms. The summed E-state index contributed by atoms with van der Waals surface area (Å²) in [5.41, 5.74) is 0.681. The predicted molar refractivity (Wildman–Crippen MR) is 91.3 cm³/mol. The average Bonchev–Trinajstić information content (AvgIpc) is 2.49. The van der Waals surface area contributed by atoms with E-state index in [-0.39, 0.29) is 5.97 Å². The summed E-state index contributed by atoms with van der Waals surface area (Å²) in [7, 11) is 1.39. The van der Waals surface area contributed by atoms with Crippen LogP contribution in [0.2, 0.25) is 0 Å². The molecule has 0 fully saturated rings. The number of rotatable bonds is 4. The summed E-state index contributed by atoms with van der Waals surface area (Å²) in [5, 5.41) is 3.27. The molecule has 110 valence electrons.